The van der Waals surface area contributed by atoms with Crippen LogP contribution in [0.3, 0.4) is 0 Å². The number of piperazine rings is 2. The number of aryl methyl sites for hydroxylation is 1. The molecule has 2 aromatic heterocycles. The minimum absolute atomic E-state index is 0.0421. The van der Waals surface area contributed by atoms with Crippen LogP contribution in [0.1, 0.15) is 33.5 Å². The fourth-order valence-corrected chi connectivity index (χ4v) is 6.42. The maximum absolute atomic E-state index is 14.2. The van der Waals surface area contributed by atoms with Gasteiger partial charge >= 0.3 is 6.18 Å². The van der Waals surface area contributed by atoms with Crippen LogP contribution >= 0.6 is 0 Å². The number of hydrogen-bond acceptors (Lipinski definition) is 8. The second-order valence-corrected chi connectivity index (χ2v) is 12.8. The fraction of sp³-hybridized carbons (Fsp3) is 0.324. The number of benzene rings is 2. The number of fused-ring (bicyclic) bond motifs is 2. The standard InChI is InChI=1S/C37H40F3N9/c1-25-6-7-28(26(2)43-30-10-8-29(33(20-30)37(38,39)40)24-47-17-15-46(3)16-18-47)19-27(25)9-11-31-23-42-36-34(5-4-13-48(31)36)44-35-21-32-22-41-12-14-49(32)45-35/h4-8,10,13,19-21,23,35,41,43-45H,2,12,14-18,22,24H2,1,3H3. The van der Waals surface area contributed by atoms with E-state index in [-0.39, 0.29) is 18.3 Å². The number of alkyl halides is 3. The van der Waals surface area contributed by atoms with E-state index < -0.39 is 11.7 Å². The molecule has 0 spiro atoms. The van der Waals surface area contributed by atoms with E-state index in [9.17, 15) is 13.2 Å². The predicted octanol–water partition coefficient (Wildman–Crippen LogP) is 4.94. The Hall–Kier alpha value is -4.80. The number of nitrogens with one attached hydrogen (secondary N) is 4. The minimum atomic E-state index is -4.47. The van der Waals surface area contributed by atoms with Gasteiger partial charge in [-0.25, -0.2) is 10.4 Å². The lowest BCUT2D eigenvalue weighted by molar-refractivity contribution is -0.138. The first-order chi connectivity index (χ1) is 23.6. The van der Waals surface area contributed by atoms with Crippen molar-refractivity contribution in [2.45, 2.75) is 25.8 Å². The van der Waals surface area contributed by atoms with Crippen LogP contribution in [0.2, 0.25) is 0 Å². The lowest BCUT2D eigenvalue weighted by atomic mass is 10.0. The van der Waals surface area contributed by atoms with Gasteiger partial charge in [-0.05, 0) is 73.0 Å². The summed E-state index contributed by atoms with van der Waals surface area (Å²) in [5.41, 5.74) is 10.1. The molecule has 0 bridgehead atoms. The van der Waals surface area contributed by atoms with Crippen molar-refractivity contribution >= 4 is 22.7 Å². The van der Waals surface area contributed by atoms with Gasteiger partial charge in [0.1, 0.15) is 11.9 Å². The molecule has 2 saturated heterocycles. The molecule has 2 aromatic carbocycles. The first-order valence-electron chi connectivity index (χ1n) is 16.5. The number of imidazole rings is 1. The van der Waals surface area contributed by atoms with E-state index in [1.165, 1.54) is 11.8 Å². The van der Waals surface area contributed by atoms with Gasteiger partial charge in [-0.1, -0.05) is 30.7 Å². The van der Waals surface area contributed by atoms with Gasteiger partial charge in [0, 0.05) is 81.2 Å². The highest BCUT2D eigenvalue weighted by atomic mass is 19.4. The summed E-state index contributed by atoms with van der Waals surface area (Å²) in [5, 5.41) is 12.2. The molecule has 3 aliphatic rings. The third-order valence-corrected chi connectivity index (χ3v) is 9.28. The van der Waals surface area contributed by atoms with Gasteiger partial charge in [0.25, 0.3) is 0 Å². The van der Waals surface area contributed by atoms with Crippen molar-refractivity contribution in [1.82, 2.24) is 34.9 Å². The van der Waals surface area contributed by atoms with Gasteiger partial charge in [-0.2, -0.15) is 13.2 Å². The molecule has 4 aromatic rings. The van der Waals surface area contributed by atoms with Crippen molar-refractivity contribution in [2.24, 2.45) is 0 Å². The molecule has 3 aliphatic heterocycles. The molecular weight excluding hydrogens is 627 g/mol. The molecule has 0 saturated carbocycles. The highest BCUT2D eigenvalue weighted by Crippen LogP contribution is 2.35. The van der Waals surface area contributed by atoms with E-state index in [2.05, 4.69) is 65.7 Å². The van der Waals surface area contributed by atoms with Crippen molar-refractivity contribution in [1.29, 1.82) is 0 Å². The summed E-state index contributed by atoms with van der Waals surface area (Å²) in [6.45, 7) is 12.2. The first kappa shape index (κ1) is 32.7. The SMILES string of the molecule is C=C(Nc1ccc(CN2CCN(C)CC2)c(C(F)(F)F)c1)c1ccc(C)c(C#Cc2cnc3c(NC4C=C5CNCCN5N4)cccn23)c1. The number of halogens is 3. The Bertz CT molecular complexity index is 1960. The number of rotatable bonds is 7. The van der Waals surface area contributed by atoms with E-state index >= 15 is 0 Å². The lowest BCUT2D eigenvalue weighted by Gasteiger charge is -2.33. The summed E-state index contributed by atoms with van der Waals surface area (Å²) in [4.78, 5) is 8.91. The van der Waals surface area contributed by atoms with Gasteiger partial charge in [-0.3, -0.25) is 9.30 Å². The number of hydrogen-bond donors (Lipinski definition) is 4. The quantitative estimate of drug-likeness (QED) is 0.207. The van der Waals surface area contributed by atoms with E-state index in [0.29, 0.717) is 11.4 Å². The predicted molar refractivity (Wildman–Crippen MR) is 187 cm³/mol. The molecule has 0 radical (unpaired) electrons. The molecule has 2 fully saturated rings. The number of anilines is 2. The van der Waals surface area contributed by atoms with Crippen molar-refractivity contribution in [2.75, 3.05) is 63.5 Å². The monoisotopic (exact) mass is 667 g/mol. The lowest BCUT2D eigenvalue weighted by Crippen LogP contribution is -2.48. The summed E-state index contributed by atoms with van der Waals surface area (Å²) < 4.78 is 44.4. The Balaban J connectivity index is 1.07. The highest BCUT2D eigenvalue weighted by Gasteiger charge is 2.34. The van der Waals surface area contributed by atoms with Crippen LogP contribution in [-0.4, -0.2) is 83.2 Å². The molecule has 12 heteroatoms. The summed E-state index contributed by atoms with van der Waals surface area (Å²) in [7, 11) is 2.03. The van der Waals surface area contributed by atoms with Gasteiger partial charge < -0.3 is 25.9 Å². The number of aromatic nitrogens is 2. The molecule has 1 unspecified atom stereocenters. The molecule has 7 rings (SSSR count). The van der Waals surface area contributed by atoms with Crippen LogP contribution in [0.4, 0.5) is 24.5 Å². The zero-order valence-corrected chi connectivity index (χ0v) is 27.7. The number of nitrogens with zero attached hydrogens (tertiary/aromatic N) is 5. The normalized spacial score (nSPS) is 18.5. The molecule has 5 heterocycles. The van der Waals surface area contributed by atoms with Crippen molar-refractivity contribution < 1.29 is 13.2 Å². The van der Waals surface area contributed by atoms with Crippen molar-refractivity contribution in [3.63, 3.8) is 0 Å². The van der Waals surface area contributed by atoms with Crippen molar-refractivity contribution in [3.8, 4) is 11.8 Å². The summed E-state index contributed by atoms with van der Waals surface area (Å²) in [6.07, 6.45) is 1.36. The Morgan fingerprint density at radius 3 is 2.69 bits per heavy atom. The van der Waals surface area contributed by atoms with E-state index in [1.54, 1.807) is 18.3 Å². The maximum atomic E-state index is 14.2. The first-order valence-corrected chi connectivity index (χ1v) is 16.5. The van der Waals surface area contributed by atoms with Gasteiger partial charge in [0.2, 0.25) is 0 Å². The summed E-state index contributed by atoms with van der Waals surface area (Å²) >= 11 is 0. The average Bonchev–Trinajstić information content (AvgIpc) is 3.70. The molecule has 1 atom stereocenters. The molecule has 0 aliphatic carbocycles. The summed E-state index contributed by atoms with van der Waals surface area (Å²) in [6, 6.07) is 14.1. The molecule has 4 N–H and O–H groups in total. The number of hydrazine groups is 1. The van der Waals surface area contributed by atoms with Crippen LogP contribution in [0.25, 0.3) is 11.3 Å². The van der Waals surface area contributed by atoms with E-state index in [1.807, 2.05) is 54.9 Å². The second kappa shape index (κ2) is 13.6. The molecule has 9 nitrogen and oxygen atoms in total. The Morgan fingerprint density at radius 1 is 1.06 bits per heavy atom. The number of pyridine rings is 1. The molecule has 254 valence electrons. The molecule has 49 heavy (non-hydrogen) atoms. The van der Waals surface area contributed by atoms with Gasteiger partial charge in [-0.15, -0.1) is 0 Å². The zero-order valence-electron chi connectivity index (χ0n) is 27.7. The smallest absolute Gasteiger partial charge is 0.362 e. The maximum Gasteiger partial charge on any atom is 0.416 e. The van der Waals surface area contributed by atoms with Crippen LogP contribution in [0.5, 0.6) is 0 Å². The van der Waals surface area contributed by atoms with Crippen LogP contribution in [0.15, 0.2) is 79.3 Å². The van der Waals surface area contributed by atoms with E-state index in [4.69, 9.17) is 0 Å². The zero-order chi connectivity index (χ0) is 34.1. The van der Waals surface area contributed by atoms with Crippen LogP contribution < -0.4 is 21.4 Å². The Morgan fingerprint density at radius 2 is 1.90 bits per heavy atom. The van der Waals surface area contributed by atoms with Crippen molar-refractivity contribution in [3.05, 3.63) is 113 Å². The Kier molecular flexibility index (Phi) is 9.09. The minimum Gasteiger partial charge on any atom is -0.362 e. The molecule has 0 amide bonds. The van der Waals surface area contributed by atoms with Crippen LogP contribution in [0, 0.1) is 18.8 Å². The summed E-state index contributed by atoms with van der Waals surface area (Å²) in [5.74, 6) is 6.54. The van der Waals surface area contributed by atoms with Gasteiger partial charge in [0.15, 0.2) is 5.65 Å². The third kappa shape index (κ3) is 7.30. The van der Waals surface area contributed by atoms with Gasteiger partial charge in [0.05, 0.1) is 17.4 Å². The largest absolute Gasteiger partial charge is 0.416 e. The third-order valence-electron chi connectivity index (χ3n) is 9.28. The fourth-order valence-electron chi connectivity index (χ4n) is 6.42. The average molecular weight is 668 g/mol. The molecular formula is C37H40F3N9. The topological polar surface area (TPSA) is 75.1 Å². The van der Waals surface area contributed by atoms with E-state index in [0.717, 1.165) is 79.5 Å². The number of likely N-dealkylation sites (N-methyl/N-ethyl adjacent to an activating group) is 1. The highest BCUT2D eigenvalue weighted by molar-refractivity contribution is 5.77. The Labute approximate surface area is 284 Å². The van der Waals surface area contributed by atoms with Crippen LogP contribution in [-0.2, 0) is 12.7 Å². The second-order valence-electron chi connectivity index (χ2n) is 12.8.